The Bertz CT molecular complexity index is 1300. The van der Waals surface area contributed by atoms with Crippen LogP contribution in [0, 0.1) is 0 Å². The number of rotatable bonds is 9. The van der Waals surface area contributed by atoms with E-state index in [1.54, 1.807) is 30.3 Å². The van der Waals surface area contributed by atoms with E-state index < -0.39 is 0 Å². The van der Waals surface area contributed by atoms with Gasteiger partial charge in [-0.1, -0.05) is 0 Å². The molecule has 1 saturated heterocycles. The van der Waals surface area contributed by atoms with Crippen LogP contribution in [0.2, 0.25) is 0 Å². The summed E-state index contributed by atoms with van der Waals surface area (Å²) >= 11 is 0. The zero-order valence-corrected chi connectivity index (χ0v) is 20.9. The molecule has 4 heterocycles. The Morgan fingerprint density at radius 1 is 1.16 bits per heavy atom. The van der Waals surface area contributed by atoms with Crippen molar-refractivity contribution in [3.63, 3.8) is 0 Å². The molecule has 3 aromatic rings. The molecule has 0 saturated carbocycles. The maximum absolute atomic E-state index is 12.6. The third-order valence-electron chi connectivity index (χ3n) is 6.57. The summed E-state index contributed by atoms with van der Waals surface area (Å²) in [5, 5.41) is 3.05. The summed E-state index contributed by atoms with van der Waals surface area (Å²) in [6, 6.07) is 11.0. The van der Waals surface area contributed by atoms with Crippen LogP contribution in [0.15, 0.2) is 42.6 Å². The normalized spacial score (nSPS) is 17.4. The second-order valence-electron chi connectivity index (χ2n) is 9.15. The fraction of sp³-hybridized carbons (Fsp3) is 0.407. The van der Waals surface area contributed by atoms with Gasteiger partial charge in [-0.25, -0.2) is 9.78 Å². The minimum absolute atomic E-state index is 0.0756. The molecule has 1 fully saturated rings. The number of aryl methyl sites for hydroxylation is 1. The highest BCUT2D eigenvalue weighted by Gasteiger charge is 2.33. The van der Waals surface area contributed by atoms with Crippen molar-refractivity contribution < 1.29 is 28.5 Å². The molecule has 2 atom stereocenters. The van der Waals surface area contributed by atoms with E-state index in [0.717, 1.165) is 16.6 Å². The summed E-state index contributed by atoms with van der Waals surface area (Å²) < 4.78 is 22.1. The van der Waals surface area contributed by atoms with Crippen molar-refractivity contribution in [3.05, 3.63) is 48.2 Å². The number of nitrogens with one attached hydrogen (secondary N) is 1. The first kappa shape index (κ1) is 24.6. The quantitative estimate of drug-likeness (QED) is 0.468. The Balaban J connectivity index is 1.21. The average molecular weight is 507 g/mol. The fourth-order valence-electron chi connectivity index (χ4n) is 4.75. The molecule has 0 bridgehead atoms. The van der Waals surface area contributed by atoms with Crippen LogP contribution >= 0.6 is 0 Å². The van der Waals surface area contributed by atoms with E-state index in [0.29, 0.717) is 68.5 Å². The molecule has 194 valence electrons. The smallest absolute Gasteiger partial charge is 0.414 e. The maximum atomic E-state index is 12.6. The Labute approximate surface area is 214 Å². The number of pyridine rings is 2. The monoisotopic (exact) mass is 506 g/mol. The minimum Gasteiger partial charge on any atom is -0.486 e. The molecule has 0 spiro atoms. The maximum Gasteiger partial charge on any atom is 0.414 e. The van der Waals surface area contributed by atoms with Gasteiger partial charge in [0.1, 0.15) is 19.3 Å². The number of cyclic esters (lactones) is 1. The Hall–Kier alpha value is -4.08. The molecule has 10 nitrogen and oxygen atoms in total. The lowest BCUT2D eigenvalue weighted by molar-refractivity contribution is -0.119. The van der Waals surface area contributed by atoms with Crippen LogP contribution in [0.1, 0.15) is 31.7 Å². The fourth-order valence-corrected chi connectivity index (χ4v) is 4.75. The molecular formula is C27H30N4O6. The molecule has 1 N–H and O–H groups in total. The van der Waals surface area contributed by atoms with Crippen molar-refractivity contribution in [1.82, 2.24) is 15.3 Å². The van der Waals surface area contributed by atoms with E-state index in [1.807, 2.05) is 24.3 Å². The predicted octanol–water partition coefficient (Wildman–Crippen LogP) is 3.65. The van der Waals surface area contributed by atoms with Gasteiger partial charge >= 0.3 is 6.09 Å². The number of aromatic nitrogens is 2. The summed E-state index contributed by atoms with van der Waals surface area (Å²) in [4.78, 5) is 35.1. The van der Waals surface area contributed by atoms with Crippen molar-refractivity contribution in [1.29, 1.82) is 0 Å². The molecule has 1 aromatic carbocycles. The first-order chi connectivity index (χ1) is 18.0. The highest BCUT2D eigenvalue weighted by molar-refractivity contribution is 5.90. The van der Waals surface area contributed by atoms with Gasteiger partial charge in [-0.3, -0.25) is 14.7 Å². The lowest BCUT2D eigenvalue weighted by atomic mass is 9.99. The van der Waals surface area contributed by atoms with E-state index >= 15 is 0 Å². The van der Waals surface area contributed by atoms with Crippen LogP contribution in [0.5, 0.6) is 17.4 Å². The number of carbonyl (C=O) groups excluding carboxylic acids is 2. The molecule has 0 radical (unpaired) electrons. The van der Waals surface area contributed by atoms with E-state index in [4.69, 9.17) is 18.9 Å². The number of carbonyl (C=O) groups is 2. The van der Waals surface area contributed by atoms with Gasteiger partial charge in [-0.05, 0) is 55.5 Å². The summed E-state index contributed by atoms with van der Waals surface area (Å²) in [5.41, 5.74) is 3.34. The van der Waals surface area contributed by atoms with Gasteiger partial charge in [0.15, 0.2) is 11.5 Å². The lowest BCUT2D eigenvalue weighted by Crippen LogP contribution is -2.34. The third kappa shape index (κ3) is 5.68. The number of methoxy groups -OCH3 is 1. The number of anilines is 1. The number of fused-ring (bicyclic) bond motifs is 2. The van der Waals surface area contributed by atoms with Crippen molar-refractivity contribution >= 4 is 28.7 Å². The van der Waals surface area contributed by atoms with Crippen LogP contribution < -0.4 is 24.4 Å². The predicted molar refractivity (Wildman–Crippen MR) is 136 cm³/mol. The van der Waals surface area contributed by atoms with Gasteiger partial charge in [0.2, 0.25) is 11.8 Å². The number of ether oxygens (including phenoxy) is 4. The molecule has 1 unspecified atom stereocenters. The van der Waals surface area contributed by atoms with Crippen LogP contribution in [0.25, 0.3) is 11.0 Å². The van der Waals surface area contributed by atoms with Gasteiger partial charge in [-0.2, -0.15) is 0 Å². The molecular weight excluding hydrogens is 476 g/mol. The standard InChI is InChI=1S/C27H30N4O6/c1-17(32)29-19(4-3-18-11-12-28-22-8-10-25(34-2)30-26(18)22)5-7-21-16-31(27(33)37-21)20-6-9-23-24(15-20)36-14-13-35-23/h6,8-12,15,19,21H,3-5,7,13-14,16H2,1-2H3,(H,29,32)/t19-,21?/m0/s1. The first-order valence-corrected chi connectivity index (χ1v) is 12.4. The number of hydrogen-bond acceptors (Lipinski definition) is 8. The Morgan fingerprint density at radius 3 is 2.81 bits per heavy atom. The molecule has 10 heteroatoms. The SMILES string of the molecule is COc1ccc2nccc(CC[C@@H](CCC3CN(c4ccc5c(c4)OCCO5)C(=O)O3)NC(C)=O)c2n1. The van der Waals surface area contributed by atoms with Gasteiger partial charge in [0.05, 0.1) is 30.4 Å². The second kappa shape index (κ2) is 10.9. The molecule has 0 aliphatic carbocycles. The molecule has 37 heavy (non-hydrogen) atoms. The average Bonchev–Trinajstić information content (AvgIpc) is 3.29. The van der Waals surface area contributed by atoms with Gasteiger partial charge in [-0.15, -0.1) is 0 Å². The highest BCUT2D eigenvalue weighted by atomic mass is 16.6. The van der Waals surface area contributed by atoms with Crippen LogP contribution in [0.4, 0.5) is 10.5 Å². The summed E-state index contributed by atoms with van der Waals surface area (Å²) in [6.45, 7) is 2.94. The molecule has 2 amide bonds. The Morgan fingerprint density at radius 2 is 2.00 bits per heavy atom. The van der Waals surface area contributed by atoms with Crippen molar-refractivity contribution in [2.24, 2.45) is 0 Å². The van der Waals surface area contributed by atoms with Crippen LogP contribution in [-0.4, -0.2) is 61.0 Å². The number of amides is 2. The van der Waals surface area contributed by atoms with Crippen LogP contribution in [0.3, 0.4) is 0 Å². The third-order valence-corrected chi connectivity index (χ3v) is 6.57. The zero-order valence-electron chi connectivity index (χ0n) is 20.9. The van der Waals surface area contributed by atoms with E-state index in [9.17, 15) is 9.59 Å². The summed E-state index contributed by atoms with van der Waals surface area (Å²) in [6.07, 6.45) is 3.82. The topological polar surface area (TPSA) is 112 Å². The van der Waals surface area contributed by atoms with Crippen molar-refractivity contribution in [2.45, 2.75) is 44.8 Å². The molecule has 2 aliphatic heterocycles. The van der Waals surface area contributed by atoms with E-state index in [-0.39, 0.29) is 24.1 Å². The van der Waals surface area contributed by atoms with Gasteiger partial charge < -0.3 is 24.3 Å². The van der Waals surface area contributed by atoms with Crippen LogP contribution in [-0.2, 0) is 16.0 Å². The van der Waals surface area contributed by atoms with E-state index in [2.05, 4.69) is 15.3 Å². The van der Waals surface area contributed by atoms with Gasteiger partial charge in [0, 0.05) is 31.3 Å². The van der Waals surface area contributed by atoms with Crippen molar-refractivity contribution in [2.75, 3.05) is 31.8 Å². The Kier molecular flexibility index (Phi) is 7.25. The highest BCUT2D eigenvalue weighted by Crippen LogP contribution is 2.35. The molecule has 5 rings (SSSR count). The number of hydrogen-bond donors (Lipinski definition) is 1. The lowest BCUT2D eigenvalue weighted by Gasteiger charge is -2.21. The summed E-state index contributed by atoms with van der Waals surface area (Å²) in [7, 11) is 1.59. The minimum atomic E-state index is -0.388. The zero-order chi connectivity index (χ0) is 25.8. The molecule has 2 aromatic heterocycles. The first-order valence-electron chi connectivity index (χ1n) is 12.4. The second-order valence-corrected chi connectivity index (χ2v) is 9.15. The van der Waals surface area contributed by atoms with E-state index in [1.165, 1.54) is 6.92 Å². The van der Waals surface area contributed by atoms with Gasteiger partial charge in [0.25, 0.3) is 0 Å². The largest absolute Gasteiger partial charge is 0.486 e. The molecule has 2 aliphatic rings. The number of nitrogens with zero attached hydrogens (tertiary/aromatic N) is 3. The summed E-state index contributed by atoms with van der Waals surface area (Å²) in [5.74, 6) is 1.74. The van der Waals surface area contributed by atoms with Crippen molar-refractivity contribution in [3.8, 4) is 17.4 Å². The number of benzene rings is 1.